The molecule has 5 heteroatoms. The van der Waals surface area contributed by atoms with E-state index in [1.165, 1.54) is 22.3 Å². The van der Waals surface area contributed by atoms with Gasteiger partial charge in [0.05, 0.1) is 0 Å². The molecule has 0 saturated carbocycles. The van der Waals surface area contributed by atoms with Crippen LogP contribution in [0.1, 0.15) is 46.9 Å². The standard InChI is InChI=1S/2C11H11O.2ClH.Zr/c2*12-8-7-10-6-5-9-3-1-2-4-11(9)10;;;/h2*1-6,10H,7-8H2;2*1H;/q2*-1;;;+4/p-2. The van der Waals surface area contributed by atoms with Crippen LogP contribution in [-0.2, 0) is 29.7 Å². The predicted molar refractivity (Wildman–Crippen MR) is 97.6 cm³/mol. The summed E-state index contributed by atoms with van der Waals surface area (Å²) in [5, 5.41) is 0. The van der Waals surface area contributed by atoms with Gasteiger partial charge in [0, 0.05) is 0 Å². The van der Waals surface area contributed by atoms with Crippen molar-refractivity contribution in [1.29, 1.82) is 0 Å². The Hall–Kier alpha value is -0.697. The molecule has 2 aliphatic rings. The molecule has 2 aromatic rings. The molecule has 0 amide bonds. The number of benzene rings is 2. The molecule has 4 rings (SSSR count). The molecule has 0 bridgehead atoms. The zero-order valence-electron chi connectivity index (χ0n) is 15.0. The summed E-state index contributed by atoms with van der Waals surface area (Å²) in [6, 6.07) is 17.3. The van der Waals surface area contributed by atoms with Gasteiger partial charge < -0.3 is 24.8 Å². The number of rotatable bonds is 8. The SMILES string of the molecule is C1=CC(CC[O][Zr+2][O]CCC2C=Cc3ccccc32)c2ccccc21.[Cl-].[Cl-]. The molecule has 27 heavy (non-hydrogen) atoms. The van der Waals surface area contributed by atoms with E-state index in [2.05, 4.69) is 72.8 Å². The van der Waals surface area contributed by atoms with Crippen molar-refractivity contribution in [3.63, 3.8) is 0 Å². The molecule has 0 radical (unpaired) electrons. The van der Waals surface area contributed by atoms with Gasteiger partial charge >= 0.3 is 163 Å². The molecule has 2 aliphatic carbocycles. The van der Waals surface area contributed by atoms with E-state index in [1.54, 1.807) is 0 Å². The van der Waals surface area contributed by atoms with Crippen LogP contribution in [0.2, 0.25) is 0 Å². The second-order valence-corrected chi connectivity index (χ2v) is 8.38. The summed E-state index contributed by atoms with van der Waals surface area (Å²) in [7, 11) is 0. The maximum atomic E-state index is 5.84. The molecular weight excluding hydrogens is 458 g/mol. The number of allylic oxidation sites excluding steroid dienone is 2. The smallest absolute Gasteiger partial charge is 1.00 e. The predicted octanol–water partition coefficient (Wildman–Crippen LogP) is -0.658. The molecule has 140 valence electrons. The minimum atomic E-state index is -1.14. The molecule has 0 fully saturated rings. The average Bonchev–Trinajstić information content (AvgIpc) is 3.25. The van der Waals surface area contributed by atoms with Crippen LogP contribution in [0.15, 0.2) is 60.7 Å². The molecule has 2 aromatic carbocycles. The van der Waals surface area contributed by atoms with Gasteiger partial charge in [-0.05, 0) is 0 Å². The van der Waals surface area contributed by atoms with Gasteiger partial charge in [-0.3, -0.25) is 0 Å². The number of hydrogen-bond donors (Lipinski definition) is 0. The fourth-order valence-corrected chi connectivity index (χ4v) is 4.84. The summed E-state index contributed by atoms with van der Waals surface area (Å²) in [5.41, 5.74) is 5.58. The third-order valence-corrected chi connectivity index (χ3v) is 6.57. The van der Waals surface area contributed by atoms with Crippen LogP contribution >= 0.6 is 0 Å². The van der Waals surface area contributed by atoms with Crippen LogP contribution in [0.3, 0.4) is 0 Å². The largest absolute Gasteiger partial charge is 1.00 e. The Morgan fingerprint density at radius 1 is 0.667 bits per heavy atom. The molecule has 2 nitrogen and oxygen atoms in total. The first-order valence-electron chi connectivity index (χ1n) is 8.94. The third-order valence-electron chi connectivity index (χ3n) is 4.99. The fourth-order valence-electron chi connectivity index (χ4n) is 3.65. The minimum Gasteiger partial charge on any atom is -1.00 e. The normalized spacial score (nSPS) is 18.2. The molecule has 0 saturated heterocycles. The van der Waals surface area contributed by atoms with Crippen molar-refractivity contribution in [2.45, 2.75) is 24.7 Å². The first-order valence-corrected chi connectivity index (χ1v) is 11.0. The van der Waals surface area contributed by atoms with E-state index in [1.807, 2.05) is 0 Å². The molecule has 0 spiro atoms. The van der Waals surface area contributed by atoms with Gasteiger partial charge in [-0.2, -0.15) is 0 Å². The van der Waals surface area contributed by atoms with Gasteiger partial charge in [0.2, 0.25) is 0 Å². The van der Waals surface area contributed by atoms with Crippen molar-refractivity contribution in [2.75, 3.05) is 13.2 Å². The first-order chi connectivity index (χ1) is 12.4. The Bertz CT molecular complexity index is 726. The summed E-state index contributed by atoms with van der Waals surface area (Å²) in [6.45, 7) is 1.61. The topological polar surface area (TPSA) is 18.5 Å². The second kappa shape index (κ2) is 11.3. The number of hydrogen-bond acceptors (Lipinski definition) is 2. The summed E-state index contributed by atoms with van der Waals surface area (Å²) in [6.07, 6.45) is 11.1. The van der Waals surface area contributed by atoms with Gasteiger partial charge in [0.1, 0.15) is 0 Å². The maximum absolute atomic E-state index is 5.84. The van der Waals surface area contributed by atoms with E-state index in [9.17, 15) is 0 Å². The van der Waals surface area contributed by atoms with E-state index in [4.69, 9.17) is 5.63 Å². The maximum Gasteiger partial charge on any atom is -1.00 e. The van der Waals surface area contributed by atoms with Crippen LogP contribution in [-0.4, -0.2) is 13.2 Å². The van der Waals surface area contributed by atoms with Crippen molar-refractivity contribution in [3.8, 4) is 0 Å². The van der Waals surface area contributed by atoms with Gasteiger partial charge in [0.15, 0.2) is 0 Å². The monoisotopic (exact) mass is 478 g/mol. The van der Waals surface area contributed by atoms with Crippen molar-refractivity contribution >= 4 is 12.2 Å². The van der Waals surface area contributed by atoms with Gasteiger partial charge in [-0.1, -0.05) is 0 Å². The van der Waals surface area contributed by atoms with E-state index in [0.717, 1.165) is 26.1 Å². The molecule has 0 heterocycles. The summed E-state index contributed by atoms with van der Waals surface area (Å²) in [4.78, 5) is 0. The van der Waals surface area contributed by atoms with Crippen LogP contribution in [0.5, 0.6) is 0 Å². The Morgan fingerprint density at radius 3 is 1.59 bits per heavy atom. The van der Waals surface area contributed by atoms with Crippen LogP contribution in [0, 0.1) is 0 Å². The fraction of sp³-hybridized carbons (Fsp3) is 0.273. The van der Waals surface area contributed by atoms with Gasteiger partial charge in [0.25, 0.3) is 0 Å². The molecular formula is C22H22Cl2O2Zr. The minimum absolute atomic E-state index is 0. The number of fused-ring (bicyclic) bond motifs is 2. The van der Waals surface area contributed by atoms with Crippen molar-refractivity contribution < 1.29 is 54.6 Å². The summed E-state index contributed by atoms with van der Waals surface area (Å²) < 4.78 is 11.7. The van der Waals surface area contributed by atoms with Crippen LogP contribution in [0.4, 0.5) is 0 Å². The number of halogens is 2. The zero-order valence-corrected chi connectivity index (χ0v) is 19.0. The second-order valence-electron chi connectivity index (χ2n) is 6.55. The Morgan fingerprint density at radius 2 is 1.11 bits per heavy atom. The van der Waals surface area contributed by atoms with E-state index in [0.29, 0.717) is 11.8 Å². The molecule has 0 aromatic heterocycles. The summed E-state index contributed by atoms with van der Waals surface area (Å²) in [5.74, 6) is 1.02. The Kier molecular flexibility index (Phi) is 9.49. The van der Waals surface area contributed by atoms with E-state index < -0.39 is 24.1 Å². The molecule has 2 unspecified atom stereocenters. The quantitative estimate of drug-likeness (QED) is 0.468. The van der Waals surface area contributed by atoms with Crippen LogP contribution in [0.25, 0.3) is 12.2 Å². The molecule has 0 aliphatic heterocycles. The summed E-state index contributed by atoms with van der Waals surface area (Å²) >= 11 is -1.14. The van der Waals surface area contributed by atoms with Gasteiger partial charge in [-0.15, -0.1) is 0 Å². The van der Waals surface area contributed by atoms with E-state index in [-0.39, 0.29) is 24.8 Å². The third kappa shape index (κ3) is 5.65. The van der Waals surface area contributed by atoms with Crippen molar-refractivity contribution in [1.82, 2.24) is 0 Å². The molecule has 0 N–H and O–H groups in total. The van der Waals surface area contributed by atoms with Gasteiger partial charge in [-0.25, -0.2) is 0 Å². The molecule has 2 atom stereocenters. The Labute approximate surface area is 186 Å². The van der Waals surface area contributed by atoms with Crippen molar-refractivity contribution in [2.24, 2.45) is 0 Å². The van der Waals surface area contributed by atoms with Crippen molar-refractivity contribution in [3.05, 3.63) is 82.9 Å². The average molecular weight is 481 g/mol. The van der Waals surface area contributed by atoms with Crippen LogP contribution < -0.4 is 24.8 Å². The first kappa shape index (κ1) is 22.6. The van der Waals surface area contributed by atoms with E-state index >= 15 is 0 Å². The Balaban J connectivity index is 0.00000131. The zero-order chi connectivity index (χ0) is 16.9.